The number of nitrogen functional groups attached to an aromatic ring is 1. The quantitative estimate of drug-likeness (QED) is 0.0128. The van der Waals surface area contributed by atoms with Crippen LogP contribution in [0.4, 0.5) is 42.9 Å². The minimum atomic E-state index is -0.977. The number of aromatic nitrogens is 10. The number of carbonyl (C=O) groups excluding carboxylic acids is 9. The molecule has 12 aromatic rings. The number of amides is 6. The standard InChI is InChI=1S/C22H18ClFN4O2.C18H18ClN3O3.C16H14ClN3O3.C15H14ClN3O3.C8H9BrN2O2.C7H6ClNO.C6H6FN.Na.H2O/c23-15-4-1-3-14(11-15)19(29)27-18-12-25-20(26-13-18)22(9-2-10-22)21(30)28-17-7-5-16(24)6-8-17;1-2-25-17(24)18(7-4-8-18)16-20-10-14(11-21-16)22-15(23)12-5-3-6-13(19)9-12;17-11-4-1-3-10(7-11)13(21)20-12-8-18-14(19-9-12)16(15(22)23)5-2-6-16;1-2-22-14(20)7-13-17-8-12(9-18-13)19-15(21)10-4-3-5-11(16)6-10;1-2-13-8(12)3-7-10-4-6(9)5-11-7;8-6-3-1-2-5(4-6)7(9)10;7-5-1-3-6(8)4-2-5;;/h1,3-8,11-13H,2,9-10H2,(H,27,29)(H,28,30);3,5-6,9-11H,2,4,7-8H2,1H3,(H,22,23);1,3-4,7-9H,2,5-6H2,(H,20,21)(H,22,23);3-6,8-9H,2,7H2,1H3,(H,19,21);4-5H,2-3H2,1H3;1-4H,(H2,9,10);1-4H,8H2;;1H2/q;;;;;;;+1;/p-1. The number of benzene rings is 7. The Kier molecular flexibility index (Phi) is 42.8. The first-order valence-electron chi connectivity index (χ1n) is 40.2. The van der Waals surface area contributed by atoms with Gasteiger partial charge in [0.15, 0.2) is 0 Å². The van der Waals surface area contributed by atoms with Crippen LogP contribution in [-0.4, -0.2) is 140 Å². The maximum absolute atomic E-state index is 13.1. The summed E-state index contributed by atoms with van der Waals surface area (Å²) < 4.78 is 40.6. The van der Waals surface area contributed by atoms with Gasteiger partial charge in [-0.25, -0.2) is 58.6 Å². The largest absolute Gasteiger partial charge is 1.00 e. The third kappa shape index (κ3) is 32.6. The topological polar surface area (TPSA) is 490 Å². The van der Waals surface area contributed by atoms with Gasteiger partial charge in [-0.15, -0.1) is 0 Å². The summed E-state index contributed by atoms with van der Waals surface area (Å²) in [6.45, 7) is 6.30. The number of hydrogen-bond acceptors (Lipinski definition) is 25. The van der Waals surface area contributed by atoms with Gasteiger partial charge in [-0.3, -0.25) is 47.9 Å². The second-order valence-corrected chi connectivity index (χ2v) is 31.7. The fraction of sp³-hybridized carbons (Fsp3) is 0.217. The number of carboxylic acid groups (broad SMARTS) is 1. The molecule has 32 nitrogen and oxygen atoms in total. The number of primary amides is 1. The molecule has 133 heavy (non-hydrogen) atoms. The normalized spacial score (nSPS) is 12.7. The fourth-order valence-corrected chi connectivity index (χ4v) is 13.4. The van der Waals surface area contributed by atoms with E-state index >= 15 is 0 Å². The summed E-state index contributed by atoms with van der Waals surface area (Å²) in [5.74, 6) is -2.53. The second-order valence-electron chi connectivity index (χ2n) is 28.6. The average Bonchev–Trinajstić information content (AvgIpc) is 0.723. The number of rotatable bonds is 23. The van der Waals surface area contributed by atoms with Gasteiger partial charge in [0.25, 0.3) is 23.6 Å². The van der Waals surface area contributed by atoms with E-state index in [1.165, 1.54) is 104 Å². The van der Waals surface area contributed by atoms with Crippen LogP contribution in [0.1, 0.15) is 159 Å². The summed E-state index contributed by atoms with van der Waals surface area (Å²) in [6.07, 6.45) is 21.4. The number of carboxylic acids is 1. The number of nitrogens with two attached hydrogens (primary N) is 2. The van der Waals surface area contributed by atoms with Crippen LogP contribution >= 0.6 is 73.9 Å². The van der Waals surface area contributed by atoms with Crippen LogP contribution in [0.2, 0.25) is 25.1 Å². The Morgan fingerprint density at radius 3 is 0.955 bits per heavy atom. The zero-order chi connectivity index (χ0) is 94.6. The molecule has 0 atom stereocenters. The Balaban J connectivity index is 0.000000219. The number of anilines is 6. The maximum atomic E-state index is 13.1. The van der Waals surface area contributed by atoms with Crippen LogP contribution < -0.4 is 67.6 Å². The molecule has 3 saturated carbocycles. The third-order valence-corrected chi connectivity index (χ3v) is 21.0. The molecule has 15 rings (SSSR count). The summed E-state index contributed by atoms with van der Waals surface area (Å²) in [5, 5.41) is 25.4. The maximum Gasteiger partial charge on any atom is 1.00 e. The molecule has 686 valence electrons. The van der Waals surface area contributed by atoms with Crippen molar-refractivity contribution in [2.45, 2.75) is 108 Å². The Labute approximate surface area is 817 Å². The van der Waals surface area contributed by atoms with Gasteiger partial charge in [0.1, 0.15) is 69.8 Å². The molecular formula is C92H86BrCl5F2N17NaO15. The predicted octanol–water partition coefficient (Wildman–Crippen LogP) is 14.3. The molecule has 0 unspecified atom stereocenters. The number of ether oxygens (including phenoxy) is 3. The smallest absolute Gasteiger partial charge is 0.870 e. The van der Waals surface area contributed by atoms with Gasteiger partial charge < -0.3 is 62.8 Å². The first kappa shape index (κ1) is 107. The van der Waals surface area contributed by atoms with E-state index in [9.17, 15) is 61.8 Å². The molecule has 0 bridgehead atoms. The molecule has 3 fully saturated rings. The Hall–Kier alpha value is -12.8. The van der Waals surface area contributed by atoms with Gasteiger partial charge in [0.2, 0.25) is 11.8 Å². The monoisotopic (exact) mass is 1980 g/mol. The van der Waals surface area contributed by atoms with Crippen molar-refractivity contribution in [3.63, 3.8) is 0 Å². The molecule has 41 heteroatoms. The van der Waals surface area contributed by atoms with Gasteiger partial charge in [-0.05, 0) is 215 Å². The van der Waals surface area contributed by atoms with Crippen LogP contribution in [0.3, 0.4) is 0 Å². The van der Waals surface area contributed by atoms with Crippen LogP contribution in [0.15, 0.2) is 236 Å². The summed E-state index contributed by atoms with van der Waals surface area (Å²) in [5.41, 5.74) is 12.6. The van der Waals surface area contributed by atoms with Crippen molar-refractivity contribution < 1.29 is 111 Å². The van der Waals surface area contributed by atoms with E-state index in [0.29, 0.717) is 169 Å². The Morgan fingerprint density at radius 1 is 0.391 bits per heavy atom. The van der Waals surface area contributed by atoms with Gasteiger partial charge in [0.05, 0.1) is 96.6 Å². The minimum Gasteiger partial charge on any atom is -0.870 e. The number of hydrogen-bond donors (Lipinski definition) is 8. The van der Waals surface area contributed by atoms with E-state index in [0.717, 1.165) is 23.7 Å². The summed E-state index contributed by atoms with van der Waals surface area (Å²) in [4.78, 5) is 159. The van der Waals surface area contributed by atoms with Crippen LogP contribution in [0, 0.1) is 11.6 Å². The van der Waals surface area contributed by atoms with Gasteiger partial charge in [-0.2, -0.15) is 0 Å². The molecule has 0 aliphatic heterocycles. The number of carbonyl (C=O) groups is 10. The average molecular weight is 1990 g/mol. The van der Waals surface area contributed by atoms with E-state index in [4.69, 9.17) is 83.7 Å². The van der Waals surface area contributed by atoms with Crippen molar-refractivity contribution in [3.8, 4) is 0 Å². The van der Waals surface area contributed by atoms with Crippen molar-refractivity contribution in [1.82, 2.24) is 49.8 Å². The van der Waals surface area contributed by atoms with Gasteiger partial charge in [-0.1, -0.05) is 108 Å². The predicted molar refractivity (Wildman–Crippen MR) is 495 cm³/mol. The molecule has 6 amide bonds. The molecule has 0 radical (unpaired) electrons. The van der Waals surface area contributed by atoms with Gasteiger partial charge >= 0.3 is 53.4 Å². The first-order chi connectivity index (χ1) is 62.8. The third-order valence-electron chi connectivity index (χ3n) is 19.4. The molecule has 3 aliphatic rings. The first-order valence-corrected chi connectivity index (χ1v) is 42.9. The number of nitrogens with one attached hydrogen (secondary N) is 5. The molecule has 5 aromatic heterocycles. The zero-order valence-electron chi connectivity index (χ0n) is 71.7. The molecule has 7 aromatic carbocycles. The Bertz CT molecular complexity index is 5940. The fourth-order valence-electron chi connectivity index (χ4n) is 12.2. The van der Waals surface area contributed by atoms with E-state index in [1.54, 1.807) is 148 Å². The number of nitrogens with zero attached hydrogens (tertiary/aromatic N) is 10. The Morgan fingerprint density at radius 2 is 0.677 bits per heavy atom. The van der Waals surface area contributed by atoms with Crippen molar-refractivity contribution in [2.75, 3.05) is 52.1 Å². The van der Waals surface area contributed by atoms with E-state index in [1.807, 2.05) is 0 Å². The molecular weight excluding hydrogens is 1900 g/mol. The summed E-state index contributed by atoms with van der Waals surface area (Å²) >= 11 is 32.3. The van der Waals surface area contributed by atoms with Crippen LogP contribution in [-0.2, 0) is 67.3 Å². The van der Waals surface area contributed by atoms with Crippen LogP contribution in [0.5, 0.6) is 0 Å². The van der Waals surface area contributed by atoms with Crippen molar-refractivity contribution in [1.29, 1.82) is 0 Å². The van der Waals surface area contributed by atoms with E-state index in [2.05, 4.69) is 92.4 Å². The number of esters is 3. The van der Waals surface area contributed by atoms with E-state index < -0.39 is 34.1 Å². The number of aliphatic carboxylic acids is 1. The minimum absolute atomic E-state index is 0. The SMILES string of the molecule is CCOC(=O)C1(c2ncc(NC(=O)c3cccc(Cl)c3)cn2)CCC1.CCOC(=O)Cc1ncc(Br)cn1.CCOC(=O)Cc1ncc(NC(=O)c2cccc(Cl)c2)cn1.NC(=O)c1cccc(Cl)c1.Nc1ccc(F)cc1.O=C(Nc1cnc(C2(C(=O)Nc3ccc(F)cc3)CCC2)nc1)c1cccc(Cl)c1.O=C(Nc1cnc(C2(C(=O)O)CCC2)nc1)c1cccc(Cl)c1.[Na+].[OH-]. The molecule has 0 spiro atoms. The molecule has 0 saturated heterocycles. The van der Waals surface area contributed by atoms with Crippen molar-refractivity contribution in [2.24, 2.45) is 5.73 Å². The zero-order valence-corrected chi connectivity index (χ0v) is 79.1. The summed E-state index contributed by atoms with van der Waals surface area (Å²) in [7, 11) is 0. The molecule has 3 aliphatic carbocycles. The summed E-state index contributed by atoms with van der Waals surface area (Å²) in [6, 6.07) is 44.2. The number of halogens is 8. The van der Waals surface area contributed by atoms with E-state index in [-0.39, 0.29) is 107 Å². The van der Waals surface area contributed by atoms with Crippen molar-refractivity contribution in [3.05, 3.63) is 330 Å². The van der Waals surface area contributed by atoms with Crippen molar-refractivity contribution >= 4 is 167 Å². The molecule has 5 heterocycles. The second kappa shape index (κ2) is 53.0. The molecule has 11 N–H and O–H groups in total. The van der Waals surface area contributed by atoms with Gasteiger partial charge in [0, 0.05) is 76.7 Å². The van der Waals surface area contributed by atoms with Crippen LogP contribution in [0.25, 0.3) is 0 Å².